The first-order valence-corrected chi connectivity index (χ1v) is 6.06. The van der Waals surface area contributed by atoms with Crippen LogP contribution in [0, 0.1) is 0 Å². The first-order chi connectivity index (χ1) is 8.29. The van der Waals surface area contributed by atoms with Crippen molar-refractivity contribution in [3.63, 3.8) is 0 Å². The van der Waals surface area contributed by atoms with Gasteiger partial charge < -0.3 is 9.84 Å². The third-order valence-corrected chi connectivity index (χ3v) is 2.88. The molecule has 0 radical (unpaired) electrons. The fraction of sp³-hybridized carbons (Fsp3) is 0.154. The Kier molecular flexibility index (Phi) is 4.12. The van der Waals surface area contributed by atoms with Crippen molar-refractivity contribution in [2.45, 2.75) is 6.42 Å². The van der Waals surface area contributed by atoms with Gasteiger partial charge in [0.2, 0.25) is 0 Å². The molecule has 17 heavy (non-hydrogen) atoms. The maximum atomic E-state index is 8.82. The molecule has 0 saturated carbocycles. The lowest BCUT2D eigenvalue weighted by molar-refractivity contribution is 0.299. The predicted octanol–water partition coefficient (Wildman–Crippen LogP) is 3.17. The molecule has 0 atom stereocenters. The van der Waals surface area contributed by atoms with E-state index < -0.39 is 0 Å². The van der Waals surface area contributed by atoms with E-state index in [4.69, 9.17) is 9.84 Å². The van der Waals surface area contributed by atoms with E-state index in [0.717, 1.165) is 21.5 Å². The van der Waals surface area contributed by atoms with Gasteiger partial charge in [-0.15, -0.1) is 0 Å². The number of aliphatic hydroxyl groups is 1. The summed E-state index contributed by atoms with van der Waals surface area (Å²) in [5, 5.41) is 8.82. The number of ether oxygens (including phenoxy) is 1. The van der Waals surface area contributed by atoms with Gasteiger partial charge in [-0.25, -0.2) is 0 Å². The second-order valence-corrected chi connectivity index (χ2v) is 4.38. The SMILES string of the molecule is OCCc1ccc(Oc2ccncc2Br)cc1. The molecule has 2 aromatic rings. The van der Waals surface area contributed by atoms with Crippen LogP contribution in [0.4, 0.5) is 0 Å². The number of benzene rings is 1. The summed E-state index contributed by atoms with van der Waals surface area (Å²) in [6.45, 7) is 0.163. The molecular formula is C13H12BrNO2. The summed E-state index contributed by atoms with van der Waals surface area (Å²) in [5.74, 6) is 1.49. The van der Waals surface area contributed by atoms with Crippen LogP contribution >= 0.6 is 15.9 Å². The third-order valence-electron chi connectivity index (χ3n) is 2.29. The Bertz CT molecular complexity index is 485. The van der Waals surface area contributed by atoms with E-state index in [-0.39, 0.29) is 6.61 Å². The quantitative estimate of drug-likeness (QED) is 0.941. The standard InChI is InChI=1S/C13H12BrNO2/c14-12-9-15-7-5-13(12)17-11-3-1-10(2-4-11)6-8-16/h1-5,7,9,16H,6,8H2. The van der Waals surface area contributed by atoms with Crippen molar-refractivity contribution in [3.05, 3.63) is 52.8 Å². The highest BCUT2D eigenvalue weighted by atomic mass is 79.9. The largest absolute Gasteiger partial charge is 0.456 e. The Morgan fingerprint density at radius 1 is 1.18 bits per heavy atom. The second kappa shape index (κ2) is 5.80. The van der Waals surface area contributed by atoms with Gasteiger partial charge in [0.25, 0.3) is 0 Å². The summed E-state index contributed by atoms with van der Waals surface area (Å²) in [6, 6.07) is 9.46. The predicted molar refractivity (Wildman–Crippen MR) is 69.2 cm³/mol. The number of aromatic nitrogens is 1. The van der Waals surface area contributed by atoms with Crippen LogP contribution < -0.4 is 4.74 Å². The van der Waals surface area contributed by atoms with Gasteiger partial charge in [0.15, 0.2) is 0 Å². The molecule has 0 unspecified atom stereocenters. The van der Waals surface area contributed by atoms with Crippen molar-refractivity contribution >= 4 is 15.9 Å². The maximum absolute atomic E-state index is 8.82. The van der Waals surface area contributed by atoms with Crippen LogP contribution in [0.5, 0.6) is 11.5 Å². The molecule has 1 aromatic carbocycles. The smallest absolute Gasteiger partial charge is 0.144 e. The molecule has 1 heterocycles. The molecule has 1 N–H and O–H groups in total. The van der Waals surface area contributed by atoms with Crippen LogP contribution in [0.15, 0.2) is 47.2 Å². The average Bonchev–Trinajstić information content (AvgIpc) is 2.35. The molecule has 4 heteroatoms. The molecule has 0 bridgehead atoms. The van der Waals surface area contributed by atoms with E-state index in [2.05, 4.69) is 20.9 Å². The van der Waals surface area contributed by atoms with Crippen LogP contribution in [-0.2, 0) is 6.42 Å². The van der Waals surface area contributed by atoms with Crippen LogP contribution in [0.25, 0.3) is 0 Å². The van der Waals surface area contributed by atoms with Crippen molar-refractivity contribution in [2.75, 3.05) is 6.61 Å². The number of rotatable bonds is 4. The first-order valence-electron chi connectivity index (χ1n) is 5.27. The minimum Gasteiger partial charge on any atom is -0.456 e. The number of pyridine rings is 1. The van der Waals surface area contributed by atoms with Crippen molar-refractivity contribution in [1.29, 1.82) is 0 Å². The molecule has 3 nitrogen and oxygen atoms in total. The molecular weight excluding hydrogens is 282 g/mol. The van der Waals surface area contributed by atoms with E-state index in [1.165, 1.54) is 0 Å². The van der Waals surface area contributed by atoms with Gasteiger partial charge >= 0.3 is 0 Å². The van der Waals surface area contributed by atoms with Crippen molar-refractivity contribution in [1.82, 2.24) is 4.98 Å². The van der Waals surface area contributed by atoms with E-state index >= 15 is 0 Å². The number of hydrogen-bond donors (Lipinski definition) is 1. The highest BCUT2D eigenvalue weighted by Gasteiger charge is 2.02. The molecule has 0 fully saturated rings. The van der Waals surface area contributed by atoms with Crippen LogP contribution in [0.3, 0.4) is 0 Å². The molecule has 0 saturated heterocycles. The summed E-state index contributed by atoms with van der Waals surface area (Å²) in [4.78, 5) is 3.97. The first kappa shape index (κ1) is 12.1. The Labute approximate surface area is 108 Å². The summed E-state index contributed by atoms with van der Waals surface area (Å²) in [5.41, 5.74) is 1.09. The Morgan fingerprint density at radius 2 is 1.94 bits per heavy atom. The average molecular weight is 294 g/mol. The van der Waals surface area contributed by atoms with E-state index in [9.17, 15) is 0 Å². The lowest BCUT2D eigenvalue weighted by Crippen LogP contribution is -1.91. The summed E-state index contributed by atoms with van der Waals surface area (Å²) >= 11 is 3.37. The monoisotopic (exact) mass is 293 g/mol. The zero-order chi connectivity index (χ0) is 12.1. The number of nitrogens with zero attached hydrogens (tertiary/aromatic N) is 1. The lowest BCUT2D eigenvalue weighted by Gasteiger charge is -2.07. The number of aliphatic hydroxyl groups excluding tert-OH is 1. The summed E-state index contributed by atoms with van der Waals surface area (Å²) in [6.07, 6.45) is 4.04. The Morgan fingerprint density at radius 3 is 2.59 bits per heavy atom. The fourth-order valence-corrected chi connectivity index (χ4v) is 1.76. The van der Waals surface area contributed by atoms with Crippen molar-refractivity contribution in [3.8, 4) is 11.5 Å². The highest BCUT2D eigenvalue weighted by molar-refractivity contribution is 9.10. The Balaban J connectivity index is 2.11. The molecule has 2 rings (SSSR count). The number of halogens is 1. The van der Waals surface area contributed by atoms with E-state index in [1.54, 1.807) is 18.5 Å². The summed E-state index contributed by atoms with van der Waals surface area (Å²) < 4.78 is 6.51. The molecule has 0 aliphatic rings. The van der Waals surface area contributed by atoms with Gasteiger partial charge in [-0.05, 0) is 40.0 Å². The minimum absolute atomic E-state index is 0.163. The van der Waals surface area contributed by atoms with Crippen LogP contribution in [0.1, 0.15) is 5.56 Å². The molecule has 88 valence electrons. The third kappa shape index (κ3) is 3.28. The normalized spacial score (nSPS) is 10.2. The maximum Gasteiger partial charge on any atom is 0.144 e. The lowest BCUT2D eigenvalue weighted by atomic mass is 10.1. The van der Waals surface area contributed by atoms with Gasteiger partial charge in [0.05, 0.1) is 4.47 Å². The topological polar surface area (TPSA) is 42.4 Å². The van der Waals surface area contributed by atoms with Gasteiger partial charge in [-0.3, -0.25) is 4.98 Å². The fourth-order valence-electron chi connectivity index (χ4n) is 1.43. The molecule has 0 amide bonds. The minimum atomic E-state index is 0.163. The highest BCUT2D eigenvalue weighted by Crippen LogP contribution is 2.28. The van der Waals surface area contributed by atoms with Crippen molar-refractivity contribution < 1.29 is 9.84 Å². The molecule has 0 aliphatic heterocycles. The van der Waals surface area contributed by atoms with E-state index in [1.807, 2.05) is 24.3 Å². The molecule has 0 spiro atoms. The van der Waals surface area contributed by atoms with Crippen LogP contribution in [0.2, 0.25) is 0 Å². The summed E-state index contributed by atoms with van der Waals surface area (Å²) in [7, 11) is 0. The van der Waals surface area contributed by atoms with Gasteiger partial charge in [0, 0.05) is 25.1 Å². The zero-order valence-electron chi connectivity index (χ0n) is 9.14. The second-order valence-electron chi connectivity index (χ2n) is 3.53. The van der Waals surface area contributed by atoms with E-state index in [0.29, 0.717) is 6.42 Å². The molecule has 0 aliphatic carbocycles. The molecule has 1 aromatic heterocycles. The van der Waals surface area contributed by atoms with Gasteiger partial charge in [-0.2, -0.15) is 0 Å². The van der Waals surface area contributed by atoms with Gasteiger partial charge in [0.1, 0.15) is 11.5 Å². The van der Waals surface area contributed by atoms with Gasteiger partial charge in [-0.1, -0.05) is 12.1 Å². The number of hydrogen-bond acceptors (Lipinski definition) is 3. The Hall–Kier alpha value is -1.39. The van der Waals surface area contributed by atoms with Crippen molar-refractivity contribution in [2.24, 2.45) is 0 Å². The van der Waals surface area contributed by atoms with Crippen LogP contribution in [-0.4, -0.2) is 16.7 Å². The zero-order valence-corrected chi connectivity index (χ0v) is 10.7.